The van der Waals surface area contributed by atoms with Crippen LogP contribution in [0.25, 0.3) is 5.57 Å². The molecule has 0 spiro atoms. The van der Waals surface area contributed by atoms with Crippen molar-refractivity contribution in [2.45, 2.75) is 17.4 Å². The number of anilines is 1. The Morgan fingerprint density at radius 1 is 1.16 bits per heavy atom. The molecule has 2 heterocycles. The molecule has 2 aromatic carbocycles. The van der Waals surface area contributed by atoms with E-state index in [4.69, 9.17) is 0 Å². The van der Waals surface area contributed by atoms with E-state index < -0.39 is 39.2 Å². The number of carbonyl (C=O) groups excluding carboxylic acids is 2. The highest BCUT2D eigenvalue weighted by atomic mass is 32.2. The molecule has 2 aromatic rings. The van der Waals surface area contributed by atoms with Gasteiger partial charge in [-0.2, -0.15) is 0 Å². The monoisotopic (exact) mass is 445 g/mol. The average molecular weight is 445 g/mol. The second-order valence-corrected chi connectivity index (χ2v) is 9.56. The number of benzene rings is 2. The molecule has 2 bridgehead atoms. The molecule has 1 fully saturated rings. The molecule has 7 nitrogen and oxygen atoms in total. The third kappa shape index (κ3) is 3.09. The van der Waals surface area contributed by atoms with Gasteiger partial charge < -0.3 is 10.2 Å². The zero-order valence-electron chi connectivity index (χ0n) is 16.1. The van der Waals surface area contributed by atoms with Gasteiger partial charge >= 0.3 is 6.03 Å². The second kappa shape index (κ2) is 6.88. The summed E-state index contributed by atoms with van der Waals surface area (Å²) >= 11 is 0. The Balaban J connectivity index is 1.37. The Morgan fingerprint density at radius 3 is 2.65 bits per heavy atom. The van der Waals surface area contributed by atoms with Gasteiger partial charge in [-0.25, -0.2) is 26.3 Å². The van der Waals surface area contributed by atoms with Crippen molar-refractivity contribution in [3.05, 3.63) is 65.7 Å². The Morgan fingerprint density at radius 2 is 1.94 bits per heavy atom. The maximum atomic E-state index is 14.1. The van der Waals surface area contributed by atoms with E-state index in [1.54, 1.807) is 18.2 Å². The van der Waals surface area contributed by atoms with Gasteiger partial charge in [0.05, 0.1) is 11.7 Å². The molecule has 2 atom stereocenters. The van der Waals surface area contributed by atoms with Crippen LogP contribution in [0.2, 0.25) is 0 Å². The number of urea groups is 1. The van der Waals surface area contributed by atoms with E-state index in [0.717, 1.165) is 23.8 Å². The summed E-state index contributed by atoms with van der Waals surface area (Å²) in [7, 11) is -4.38. The van der Waals surface area contributed by atoms with Crippen LogP contribution in [0.1, 0.15) is 12.0 Å². The van der Waals surface area contributed by atoms with E-state index >= 15 is 0 Å². The predicted octanol–water partition coefficient (Wildman–Crippen LogP) is 2.82. The number of nitrogens with one attached hydrogen (secondary N) is 1. The number of halogens is 2. The van der Waals surface area contributed by atoms with E-state index in [1.807, 2.05) is 6.08 Å². The van der Waals surface area contributed by atoms with E-state index in [0.29, 0.717) is 22.8 Å². The van der Waals surface area contributed by atoms with Crippen molar-refractivity contribution in [3.8, 4) is 0 Å². The molecule has 0 unspecified atom stereocenters. The zero-order chi connectivity index (χ0) is 21.9. The minimum Gasteiger partial charge on any atom is -0.334 e. The molecule has 0 saturated carbocycles. The molecule has 0 aromatic heterocycles. The van der Waals surface area contributed by atoms with E-state index in [1.165, 1.54) is 11.0 Å². The first-order valence-electron chi connectivity index (χ1n) is 9.65. The predicted molar refractivity (Wildman–Crippen MR) is 107 cm³/mol. The Bertz CT molecular complexity index is 1260. The Kier molecular flexibility index (Phi) is 4.37. The van der Waals surface area contributed by atoms with Gasteiger partial charge in [0.25, 0.3) is 10.0 Å². The SMILES string of the molecule is O=C(CN1C(=O)Nc2ccc(F)cc2S1(=O)=O)N1C[C@H]2C[C@@H]1C=C2c1ccccc1F. The fourth-order valence-corrected chi connectivity index (χ4v) is 5.91. The molecule has 1 aliphatic carbocycles. The lowest BCUT2D eigenvalue weighted by atomic mass is 9.95. The summed E-state index contributed by atoms with van der Waals surface area (Å²) in [5, 5.41) is 2.37. The second-order valence-electron chi connectivity index (χ2n) is 7.73. The van der Waals surface area contributed by atoms with E-state index in [-0.39, 0.29) is 23.5 Å². The minimum absolute atomic E-state index is 0.0345. The van der Waals surface area contributed by atoms with Crippen molar-refractivity contribution in [2.24, 2.45) is 5.92 Å². The highest BCUT2D eigenvalue weighted by molar-refractivity contribution is 7.90. The van der Waals surface area contributed by atoms with Gasteiger partial charge in [-0.1, -0.05) is 24.3 Å². The van der Waals surface area contributed by atoms with Gasteiger partial charge in [0.15, 0.2) is 0 Å². The van der Waals surface area contributed by atoms with Crippen molar-refractivity contribution in [2.75, 3.05) is 18.4 Å². The third-order valence-electron chi connectivity index (χ3n) is 5.92. The fraction of sp³-hybridized carbons (Fsp3) is 0.238. The van der Waals surface area contributed by atoms with Crippen molar-refractivity contribution >= 4 is 33.2 Å². The third-order valence-corrected chi connectivity index (χ3v) is 7.69. The first-order chi connectivity index (χ1) is 14.8. The highest BCUT2D eigenvalue weighted by Gasteiger charge is 2.44. The number of nitrogens with zero attached hydrogens (tertiary/aromatic N) is 2. The van der Waals surface area contributed by atoms with Gasteiger partial charge in [-0.05, 0) is 36.3 Å². The van der Waals surface area contributed by atoms with Gasteiger partial charge in [0.1, 0.15) is 23.1 Å². The topological polar surface area (TPSA) is 86.8 Å². The largest absolute Gasteiger partial charge is 0.336 e. The van der Waals surface area contributed by atoms with Crippen LogP contribution in [-0.4, -0.2) is 48.7 Å². The lowest BCUT2D eigenvalue weighted by molar-refractivity contribution is -0.131. The smallest absolute Gasteiger partial charge is 0.334 e. The summed E-state index contributed by atoms with van der Waals surface area (Å²) < 4.78 is 53.8. The number of fused-ring (bicyclic) bond motifs is 3. The van der Waals surface area contributed by atoms with Gasteiger partial charge in [-0.3, -0.25) is 4.79 Å². The van der Waals surface area contributed by atoms with Crippen LogP contribution >= 0.6 is 0 Å². The number of amides is 3. The number of rotatable bonds is 3. The Hall–Kier alpha value is -3.27. The first kappa shape index (κ1) is 19.7. The van der Waals surface area contributed by atoms with Gasteiger partial charge in [0.2, 0.25) is 5.91 Å². The van der Waals surface area contributed by atoms with Crippen LogP contribution in [0.15, 0.2) is 53.4 Å². The van der Waals surface area contributed by atoms with Crippen molar-refractivity contribution in [3.63, 3.8) is 0 Å². The van der Waals surface area contributed by atoms with Crippen molar-refractivity contribution in [1.82, 2.24) is 9.21 Å². The highest BCUT2D eigenvalue weighted by Crippen LogP contribution is 2.43. The molecule has 2 aliphatic heterocycles. The molecule has 3 amide bonds. The molecule has 0 radical (unpaired) electrons. The molecule has 5 rings (SSSR count). The first-order valence-corrected chi connectivity index (χ1v) is 11.1. The number of carbonyl (C=O) groups is 2. The van der Waals surface area contributed by atoms with Crippen molar-refractivity contribution < 1.29 is 26.8 Å². The standard InChI is InChI=1S/C21H17F2N3O4S/c22-13-5-6-18-19(8-13)31(29,30)26(21(28)24-18)11-20(27)25-10-12-7-14(25)9-16(12)15-3-1-2-4-17(15)23/h1-6,8-9,12,14H,7,10-11H2,(H,24,28)/t12-,14-/m1/s1. The van der Waals surface area contributed by atoms with Crippen LogP contribution in [0.3, 0.4) is 0 Å². The quantitative estimate of drug-likeness (QED) is 0.787. The zero-order valence-corrected chi connectivity index (χ0v) is 16.9. The molecule has 160 valence electrons. The van der Waals surface area contributed by atoms with Crippen LogP contribution in [0.5, 0.6) is 0 Å². The molecule has 3 aliphatic rings. The summed E-state index contributed by atoms with van der Waals surface area (Å²) in [6.07, 6.45) is 2.43. The summed E-state index contributed by atoms with van der Waals surface area (Å²) in [5.41, 5.74) is 1.30. The summed E-state index contributed by atoms with van der Waals surface area (Å²) in [6, 6.07) is 8.16. The maximum Gasteiger partial charge on any atom is 0.336 e. The van der Waals surface area contributed by atoms with E-state index in [2.05, 4.69) is 5.32 Å². The fourth-order valence-electron chi connectivity index (χ4n) is 4.47. The molecule has 10 heteroatoms. The van der Waals surface area contributed by atoms with Gasteiger partial charge in [0, 0.05) is 18.0 Å². The minimum atomic E-state index is -4.38. The molecule has 1 saturated heterocycles. The lowest BCUT2D eigenvalue weighted by Gasteiger charge is -2.32. The van der Waals surface area contributed by atoms with Crippen LogP contribution in [-0.2, 0) is 14.8 Å². The number of hydrogen-bond acceptors (Lipinski definition) is 4. The van der Waals surface area contributed by atoms with Crippen LogP contribution in [0, 0.1) is 17.6 Å². The van der Waals surface area contributed by atoms with Crippen LogP contribution < -0.4 is 5.32 Å². The molecule has 1 N–H and O–H groups in total. The summed E-state index contributed by atoms with van der Waals surface area (Å²) in [6.45, 7) is -0.388. The number of likely N-dealkylation sites (tertiary alicyclic amines) is 1. The molecular weight excluding hydrogens is 428 g/mol. The van der Waals surface area contributed by atoms with Crippen molar-refractivity contribution in [1.29, 1.82) is 0 Å². The normalized spacial score (nSPS) is 23.4. The van der Waals surface area contributed by atoms with Crippen LogP contribution in [0.4, 0.5) is 19.3 Å². The summed E-state index contributed by atoms with van der Waals surface area (Å²) in [5.74, 6) is -1.71. The average Bonchev–Trinajstić information content (AvgIpc) is 3.33. The molecular formula is C21H17F2N3O4S. The van der Waals surface area contributed by atoms with E-state index in [9.17, 15) is 26.8 Å². The molecule has 31 heavy (non-hydrogen) atoms. The van der Waals surface area contributed by atoms with Gasteiger partial charge in [-0.15, -0.1) is 0 Å². The number of sulfonamides is 1. The lowest BCUT2D eigenvalue weighted by Crippen LogP contribution is -2.50. The summed E-state index contributed by atoms with van der Waals surface area (Å²) in [4.78, 5) is 26.3. The number of hydrogen-bond donors (Lipinski definition) is 1. The Labute approximate surface area is 177 Å². The maximum absolute atomic E-state index is 14.1.